The zero-order valence-corrected chi connectivity index (χ0v) is 8.16. The van der Waals surface area contributed by atoms with Crippen molar-refractivity contribution in [3.63, 3.8) is 0 Å². The number of carboxylic acid groups (broad SMARTS) is 1. The minimum absolute atomic E-state index is 0.117. The number of aromatic nitrogens is 2. The van der Waals surface area contributed by atoms with Crippen LogP contribution in [0.5, 0.6) is 0 Å². The first-order valence-electron chi connectivity index (χ1n) is 3.51. The third kappa shape index (κ3) is 1.56. The Labute approximate surface area is 84.0 Å². The summed E-state index contributed by atoms with van der Waals surface area (Å²) >= 11 is 5.59. The van der Waals surface area contributed by atoms with Gasteiger partial charge in [-0.1, -0.05) is 11.6 Å². The van der Waals surface area contributed by atoms with Gasteiger partial charge in [0.15, 0.2) is 5.69 Å². The van der Waals surface area contributed by atoms with E-state index in [1.807, 2.05) is 0 Å². The van der Waals surface area contributed by atoms with Crippen LogP contribution in [-0.2, 0) is 11.8 Å². The number of methoxy groups -OCH3 is 1. The van der Waals surface area contributed by atoms with Gasteiger partial charge in [-0.15, -0.1) is 0 Å². The molecular weight excluding hydrogens is 212 g/mol. The monoisotopic (exact) mass is 217 g/mol. The number of hydrogen-bond acceptors (Lipinski definition) is 5. The molecule has 0 spiro atoms. The number of halogens is 1. The second-order valence-corrected chi connectivity index (χ2v) is 2.79. The number of rotatable bonds is 2. The van der Waals surface area contributed by atoms with Gasteiger partial charge in [0.1, 0.15) is 10.7 Å². The van der Waals surface area contributed by atoms with Crippen molar-refractivity contribution >= 4 is 23.5 Å². The van der Waals surface area contributed by atoms with E-state index in [1.165, 1.54) is 7.05 Å². The maximum atomic E-state index is 11.1. The molecule has 0 aliphatic carbocycles. The van der Waals surface area contributed by atoms with E-state index in [2.05, 4.69) is 9.84 Å². The van der Waals surface area contributed by atoms with Crippen LogP contribution in [-0.4, -0.2) is 28.8 Å². The highest BCUT2D eigenvalue weighted by Crippen LogP contribution is 2.20. The number of carbonyl (C=O) groups excluding carboxylic acids is 2. The van der Waals surface area contributed by atoms with Gasteiger partial charge in [0.05, 0.1) is 13.1 Å². The highest BCUT2D eigenvalue weighted by molar-refractivity contribution is 6.35. The summed E-state index contributed by atoms with van der Waals surface area (Å²) in [5.74, 6) is -2.29. The molecular formula is C7H6ClN2O4-. The lowest BCUT2D eigenvalue weighted by atomic mass is 10.3. The summed E-state index contributed by atoms with van der Waals surface area (Å²) in [6, 6.07) is 0. The van der Waals surface area contributed by atoms with Crippen molar-refractivity contribution < 1.29 is 19.4 Å². The average molecular weight is 218 g/mol. The molecule has 14 heavy (non-hydrogen) atoms. The summed E-state index contributed by atoms with van der Waals surface area (Å²) in [5, 5.41) is 13.7. The van der Waals surface area contributed by atoms with Crippen molar-refractivity contribution in [1.29, 1.82) is 0 Å². The van der Waals surface area contributed by atoms with Crippen LogP contribution in [0.1, 0.15) is 21.0 Å². The van der Waals surface area contributed by atoms with E-state index in [-0.39, 0.29) is 10.7 Å². The van der Waals surface area contributed by atoms with Crippen LogP contribution in [0.2, 0.25) is 5.02 Å². The minimum Gasteiger partial charge on any atom is -0.543 e. The van der Waals surface area contributed by atoms with Crippen LogP contribution in [0.25, 0.3) is 0 Å². The first-order chi connectivity index (χ1) is 6.49. The maximum Gasteiger partial charge on any atom is 0.357 e. The molecule has 6 nitrogen and oxygen atoms in total. The molecule has 0 radical (unpaired) electrons. The normalized spacial score (nSPS) is 9.93. The SMILES string of the molecule is COC(=O)c1c(Cl)c(C(=O)[O-])nn1C. The lowest BCUT2D eigenvalue weighted by molar-refractivity contribution is -0.255. The van der Waals surface area contributed by atoms with Crippen LogP contribution in [0.4, 0.5) is 0 Å². The Morgan fingerprint density at radius 2 is 2.14 bits per heavy atom. The topological polar surface area (TPSA) is 84.2 Å². The lowest BCUT2D eigenvalue weighted by Gasteiger charge is -1.98. The van der Waals surface area contributed by atoms with E-state index in [0.29, 0.717) is 0 Å². The van der Waals surface area contributed by atoms with Crippen molar-refractivity contribution in [1.82, 2.24) is 9.78 Å². The molecule has 0 saturated heterocycles. The van der Waals surface area contributed by atoms with Gasteiger partial charge < -0.3 is 14.6 Å². The number of hydrogen-bond donors (Lipinski definition) is 0. The van der Waals surface area contributed by atoms with E-state index < -0.39 is 17.6 Å². The highest BCUT2D eigenvalue weighted by atomic mass is 35.5. The number of carboxylic acids is 1. The largest absolute Gasteiger partial charge is 0.543 e. The van der Waals surface area contributed by atoms with Gasteiger partial charge in [-0.25, -0.2) is 4.79 Å². The van der Waals surface area contributed by atoms with E-state index in [0.717, 1.165) is 11.8 Å². The van der Waals surface area contributed by atoms with Crippen molar-refractivity contribution in [2.24, 2.45) is 7.05 Å². The fourth-order valence-corrected chi connectivity index (χ4v) is 1.26. The van der Waals surface area contributed by atoms with Crippen molar-refractivity contribution in [2.75, 3.05) is 7.11 Å². The van der Waals surface area contributed by atoms with Crippen LogP contribution in [0, 0.1) is 0 Å². The zero-order valence-electron chi connectivity index (χ0n) is 7.41. The number of carbonyl (C=O) groups is 2. The number of aromatic carboxylic acids is 1. The standard InChI is InChI=1S/C7H7ClN2O4/c1-10-5(7(13)14-2)3(8)4(9-10)6(11)12/h1-2H3,(H,11,12)/p-1. The number of nitrogens with zero attached hydrogens (tertiary/aromatic N) is 2. The molecule has 0 aliphatic heterocycles. The van der Waals surface area contributed by atoms with Gasteiger partial charge >= 0.3 is 5.97 Å². The van der Waals surface area contributed by atoms with E-state index in [1.54, 1.807) is 0 Å². The second-order valence-electron chi connectivity index (χ2n) is 2.41. The Kier molecular flexibility index (Phi) is 2.76. The summed E-state index contributed by atoms with van der Waals surface area (Å²) in [6.07, 6.45) is 0. The minimum atomic E-state index is -1.54. The molecule has 0 atom stereocenters. The maximum absolute atomic E-state index is 11.1. The third-order valence-corrected chi connectivity index (χ3v) is 1.92. The second kappa shape index (κ2) is 3.67. The van der Waals surface area contributed by atoms with Crippen molar-refractivity contribution in [3.8, 4) is 0 Å². The van der Waals surface area contributed by atoms with Gasteiger partial charge in [0.25, 0.3) is 0 Å². The molecule has 0 bridgehead atoms. The molecule has 0 fully saturated rings. The Balaban J connectivity index is 3.31. The fourth-order valence-electron chi connectivity index (χ4n) is 0.947. The molecule has 0 N–H and O–H groups in total. The van der Waals surface area contributed by atoms with Gasteiger partial charge in [-0.2, -0.15) is 5.10 Å². The first kappa shape index (κ1) is 10.5. The summed E-state index contributed by atoms with van der Waals surface area (Å²) in [5.41, 5.74) is -0.595. The first-order valence-corrected chi connectivity index (χ1v) is 3.89. The Morgan fingerprint density at radius 3 is 2.50 bits per heavy atom. The van der Waals surface area contributed by atoms with E-state index in [4.69, 9.17) is 11.6 Å². The molecule has 0 aromatic carbocycles. The summed E-state index contributed by atoms with van der Waals surface area (Å²) in [4.78, 5) is 21.6. The molecule has 7 heteroatoms. The predicted octanol–water partition coefficient (Wildman–Crippen LogP) is -0.776. The molecule has 0 aliphatic rings. The molecule has 1 aromatic rings. The smallest absolute Gasteiger partial charge is 0.357 e. The van der Waals surface area contributed by atoms with Gasteiger partial charge in [-0.05, 0) is 0 Å². The van der Waals surface area contributed by atoms with Crippen molar-refractivity contribution in [2.45, 2.75) is 0 Å². The van der Waals surface area contributed by atoms with Crippen LogP contribution in [0.3, 0.4) is 0 Å². The van der Waals surface area contributed by atoms with Crippen LogP contribution in [0.15, 0.2) is 0 Å². The number of aryl methyl sites for hydroxylation is 1. The highest BCUT2D eigenvalue weighted by Gasteiger charge is 2.21. The molecule has 1 heterocycles. The van der Waals surface area contributed by atoms with Gasteiger partial charge in [-0.3, -0.25) is 4.68 Å². The summed E-state index contributed by atoms with van der Waals surface area (Å²) in [7, 11) is 2.54. The van der Waals surface area contributed by atoms with Gasteiger partial charge in [0, 0.05) is 7.05 Å². The third-order valence-electron chi connectivity index (χ3n) is 1.56. The van der Waals surface area contributed by atoms with Crippen molar-refractivity contribution in [3.05, 3.63) is 16.4 Å². The Bertz CT molecular complexity index is 399. The quantitative estimate of drug-likeness (QED) is 0.607. The molecule has 1 aromatic heterocycles. The van der Waals surface area contributed by atoms with E-state index >= 15 is 0 Å². The molecule has 0 amide bonds. The zero-order chi connectivity index (χ0) is 10.9. The van der Waals surface area contributed by atoms with Crippen LogP contribution < -0.4 is 5.11 Å². The molecule has 1 rings (SSSR count). The van der Waals surface area contributed by atoms with Gasteiger partial charge in [0.2, 0.25) is 0 Å². The lowest BCUT2D eigenvalue weighted by Crippen LogP contribution is -2.23. The fraction of sp³-hybridized carbons (Fsp3) is 0.286. The summed E-state index contributed by atoms with van der Waals surface area (Å²) < 4.78 is 5.42. The summed E-state index contributed by atoms with van der Waals surface area (Å²) in [6.45, 7) is 0. The Hall–Kier alpha value is -1.56. The predicted molar refractivity (Wildman–Crippen MR) is 43.9 cm³/mol. The van der Waals surface area contributed by atoms with E-state index in [9.17, 15) is 14.7 Å². The Morgan fingerprint density at radius 1 is 1.57 bits per heavy atom. The molecule has 0 saturated carbocycles. The molecule has 0 unspecified atom stereocenters. The number of esters is 1. The molecule has 76 valence electrons. The van der Waals surface area contributed by atoms with Crippen LogP contribution >= 0.6 is 11.6 Å². The number of ether oxygens (including phenoxy) is 1. The average Bonchev–Trinajstić information content (AvgIpc) is 2.41.